The van der Waals surface area contributed by atoms with Crippen LogP contribution in [0.1, 0.15) is 61.3 Å². The van der Waals surface area contributed by atoms with E-state index in [9.17, 15) is 4.79 Å². The summed E-state index contributed by atoms with van der Waals surface area (Å²) in [5.74, 6) is 0.205. The predicted molar refractivity (Wildman–Crippen MR) is 140 cm³/mol. The van der Waals surface area contributed by atoms with Crippen LogP contribution in [0.15, 0.2) is 28.9 Å². The molecule has 0 spiro atoms. The van der Waals surface area contributed by atoms with Crippen LogP contribution in [0.5, 0.6) is 0 Å². The normalized spacial score (nSPS) is 14.7. The van der Waals surface area contributed by atoms with Gasteiger partial charge in [0.15, 0.2) is 5.69 Å². The summed E-state index contributed by atoms with van der Waals surface area (Å²) in [5.41, 5.74) is 3.21. The van der Waals surface area contributed by atoms with Crippen molar-refractivity contribution in [1.29, 1.82) is 0 Å². The molecule has 1 aliphatic rings. The van der Waals surface area contributed by atoms with Crippen molar-refractivity contribution >= 4 is 40.9 Å². The first-order valence-corrected chi connectivity index (χ1v) is 16.4. The number of halogens is 1. The molecule has 0 saturated heterocycles. The van der Waals surface area contributed by atoms with Crippen LogP contribution in [0.3, 0.4) is 0 Å². The second-order valence-electron chi connectivity index (χ2n) is 11.4. The largest absolute Gasteiger partial charge is 0.455 e. The lowest BCUT2D eigenvalue weighted by Gasteiger charge is -2.18. The summed E-state index contributed by atoms with van der Waals surface area (Å²) in [5, 5.41) is 9.39. The lowest BCUT2D eigenvalue weighted by Crippen LogP contribution is -2.24. The van der Waals surface area contributed by atoms with E-state index in [1.54, 1.807) is 10.9 Å². The highest BCUT2D eigenvalue weighted by atomic mass is 79.9. The number of hydrogen-bond donors (Lipinski definition) is 0. The van der Waals surface area contributed by atoms with Crippen LogP contribution < -0.4 is 0 Å². The molecule has 7 nitrogen and oxygen atoms in total. The molecule has 2 aromatic heterocycles. The van der Waals surface area contributed by atoms with Crippen molar-refractivity contribution in [1.82, 2.24) is 19.6 Å². The number of fused-ring (bicyclic) bond motifs is 1. The second kappa shape index (κ2) is 9.58. The minimum absolute atomic E-state index is 0.205. The number of hydrogen-bond acceptors (Lipinski definition) is 5. The van der Waals surface area contributed by atoms with Crippen molar-refractivity contribution in [2.45, 2.75) is 84.1 Å². The molecule has 184 valence electrons. The van der Waals surface area contributed by atoms with Crippen molar-refractivity contribution in [3.8, 4) is 0 Å². The Balaban J connectivity index is 1.62. The molecule has 1 aliphatic carbocycles. The molecule has 0 N–H and O–H groups in total. The van der Waals surface area contributed by atoms with Crippen molar-refractivity contribution in [2.75, 3.05) is 6.61 Å². The zero-order chi connectivity index (χ0) is 24.7. The van der Waals surface area contributed by atoms with E-state index in [-0.39, 0.29) is 5.69 Å². The molecule has 1 aromatic carbocycles. The van der Waals surface area contributed by atoms with Crippen LogP contribution in [0.2, 0.25) is 25.7 Å². The van der Waals surface area contributed by atoms with E-state index in [1.807, 2.05) is 20.8 Å². The fourth-order valence-electron chi connectivity index (χ4n) is 3.84. The van der Waals surface area contributed by atoms with E-state index < -0.39 is 19.6 Å². The highest BCUT2D eigenvalue weighted by Gasteiger charge is 2.26. The molecule has 1 saturated carbocycles. The van der Waals surface area contributed by atoms with Gasteiger partial charge in [0.05, 0.1) is 24.0 Å². The van der Waals surface area contributed by atoms with Crippen LogP contribution >= 0.6 is 15.9 Å². The van der Waals surface area contributed by atoms with Gasteiger partial charge in [-0.2, -0.15) is 0 Å². The summed E-state index contributed by atoms with van der Waals surface area (Å²) in [6.07, 6.45) is 4.17. The molecule has 0 unspecified atom stereocenters. The van der Waals surface area contributed by atoms with E-state index in [0.29, 0.717) is 19.2 Å². The molecule has 1 fully saturated rings. The van der Waals surface area contributed by atoms with Crippen LogP contribution in [-0.4, -0.2) is 45.8 Å². The maximum Gasteiger partial charge on any atom is 0.361 e. The monoisotopic (exact) mass is 546 g/mol. The Morgan fingerprint density at radius 2 is 1.97 bits per heavy atom. The standard InChI is InChI=1S/C25H35BrN4O3Si/c1-25(2,3)33-24(31)20-14-29(28-27-20)15-22-23(26)19-10-9-18(17-7-8-17)13-21(19)30(22)16-32-11-12-34(4,5)6/h9-10,13-14,17H,7-8,11-12,15-16H2,1-6H3. The maximum atomic E-state index is 12.4. The lowest BCUT2D eigenvalue weighted by molar-refractivity contribution is 0.00626. The first-order valence-electron chi connectivity index (χ1n) is 11.9. The van der Waals surface area contributed by atoms with Gasteiger partial charge in [0.2, 0.25) is 0 Å². The van der Waals surface area contributed by atoms with Gasteiger partial charge in [-0.15, -0.1) is 5.10 Å². The lowest BCUT2D eigenvalue weighted by atomic mass is 10.1. The molecular formula is C25H35BrN4O3Si. The van der Waals surface area contributed by atoms with Gasteiger partial charge in [-0.1, -0.05) is 37.0 Å². The van der Waals surface area contributed by atoms with E-state index in [4.69, 9.17) is 9.47 Å². The van der Waals surface area contributed by atoms with Gasteiger partial charge in [0, 0.05) is 24.5 Å². The maximum absolute atomic E-state index is 12.4. The number of rotatable bonds is 9. The van der Waals surface area contributed by atoms with Crippen LogP contribution in [-0.2, 0) is 22.7 Å². The van der Waals surface area contributed by atoms with Crippen LogP contribution in [0, 0.1) is 0 Å². The van der Waals surface area contributed by atoms with Gasteiger partial charge < -0.3 is 14.0 Å². The van der Waals surface area contributed by atoms with Gasteiger partial charge in [-0.05, 0) is 73.1 Å². The molecule has 2 heterocycles. The third kappa shape index (κ3) is 6.17. The van der Waals surface area contributed by atoms with Gasteiger partial charge in [-0.3, -0.25) is 0 Å². The summed E-state index contributed by atoms with van der Waals surface area (Å²) >= 11 is 3.83. The number of nitrogens with zero attached hydrogens (tertiary/aromatic N) is 4. The van der Waals surface area contributed by atoms with E-state index in [1.165, 1.54) is 18.4 Å². The smallest absolute Gasteiger partial charge is 0.361 e. The van der Waals surface area contributed by atoms with Crippen molar-refractivity contribution in [3.05, 3.63) is 45.8 Å². The fraction of sp³-hybridized carbons (Fsp3) is 0.560. The Labute approximate surface area is 210 Å². The highest BCUT2D eigenvalue weighted by Crippen LogP contribution is 2.42. The summed E-state index contributed by atoms with van der Waals surface area (Å²) < 4.78 is 16.5. The van der Waals surface area contributed by atoms with Crippen molar-refractivity contribution < 1.29 is 14.3 Å². The fourth-order valence-corrected chi connectivity index (χ4v) is 5.27. The van der Waals surface area contributed by atoms with Crippen LogP contribution in [0.25, 0.3) is 10.9 Å². The molecule has 0 atom stereocenters. The molecule has 4 rings (SSSR count). The SMILES string of the molecule is CC(C)(C)OC(=O)c1cn(Cc2c(Br)c3ccc(C4CC4)cc3n2COCC[Si](C)(C)C)nn1. The quantitative estimate of drug-likeness (QED) is 0.182. The van der Waals surface area contributed by atoms with Gasteiger partial charge >= 0.3 is 5.97 Å². The molecule has 0 aliphatic heterocycles. The molecule has 9 heteroatoms. The molecular weight excluding hydrogens is 512 g/mol. The number of benzene rings is 1. The number of carbonyl (C=O) groups excluding carboxylic acids is 1. The number of ether oxygens (including phenoxy) is 2. The average molecular weight is 548 g/mol. The summed E-state index contributed by atoms with van der Waals surface area (Å²) in [6.45, 7) is 14.3. The Kier molecular flexibility index (Phi) is 7.08. The summed E-state index contributed by atoms with van der Waals surface area (Å²) in [6, 6.07) is 7.86. The Morgan fingerprint density at radius 1 is 1.24 bits per heavy atom. The second-order valence-corrected chi connectivity index (χ2v) is 17.8. The molecule has 0 bridgehead atoms. The van der Waals surface area contributed by atoms with Crippen LogP contribution in [0.4, 0.5) is 0 Å². The molecule has 3 aromatic rings. The third-order valence-corrected chi connectivity index (χ3v) is 8.44. The van der Waals surface area contributed by atoms with E-state index in [2.05, 4.69) is 68.6 Å². The first kappa shape index (κ1) is 25.1. The topological polar surface area (TPSA) is 71.2 Å². The number of carbonyl (C=O) groups is 1. The Hall–Kier alpha value is -1.97. The highest BCUT2D eigenvalue weighted by molar-refractivity contribution is 9.10. The van der Waals surface area contributed by atoms with Crippen molar-refractivity contribution in [2.24, 2.45) is 0 Å². The molecule has 34 heavy (non-hydrogen) atoms. The average Bonchev–Trinajstić information content (AvgIpc) is 3.42. The zero-order valence-electron chi connectivity index (χ0n) is 21.0. The zero-order valence-corrected chi connectivity index (χ0v) is 23.6. The Morgan fingerprint density at radius 3 is 2.62 bits per heavy atom. The van der Waals surface area contributed by atoms with E-state index >= 15 is 0 Å². The van der Waals surface area contributed by atoms with E-state index in [0.717, 1.165) is 33.7 Å². The van der Waals surface area contributed by atoms with Crippen molar-refractivity contribution in [3.63, 3.8) is 0 Å². The van der Waals surface area contributed by atoms with Gasteiger partial charge in [0.1, 0.15) is 12.3 Å². The first-order chi connectivity index (χ1) is 15.9. The molecule has 0 radical (unpaired) electrons. The molecule has 0 amide bonds. The summed E-state index contributed by atoms with van der Waals surface area (Å²) in [4.78, 5) is 12.4. The Bertz CT molecular complexity index is 1190. The minimum Gasteiger partial charge on any atom is -0.455 e. The predicted octanol–water partition coefficient (Wildman–Crippen LogP) is 6.19. The third-order valence-electron chi connectivity index (χ3n) is 5.85. The minimum atomic E-state index is -1.17. The number of esters is 1. The van der Waals surface area contributed by atoms with Gasteiger partial charge in [-0.25, -0.2) is 9.48 Å². The number of aromatic nitrogens is 4. The summed E-state index contributed by atoms with van der Waals surface area (Å²) in [7, 11) is -1.17. The van der Waals surface area contributed by atoms with Gasteiger partial charge in [0.25, 0.3) is 0 Å².